The fourth-order valence-corrected chi connectivity index (χ4v) is 12.5. The number of aromatic amines is 1. The third-order valence-electron chi connectivity index (χ3n) is 19.0. The zero-order chi connectivity index (χ0) is 102. The third-order valence-corrected chi connectivity index (χ3v) is 20.0. The van der Waals surface area contributed by atoms with Crippen LogP contribution in [0, 0.1) is 51.6 Å². The Morgan fingerprint density at radius 2 is 0.816 bits per heavy atom. The van der Waals surface area contributed by atoms with Crippen LogP contribution in [0.3, 0.4) is 0 Å². The van der Waals surface area contributed by atoms with Gasteiger partial charge in [-0.2, -0.15) is 46.2 Å². The Morgan fingerprint density at radius 3 is 1.14 bits per heavy atom. The van der Waals surface area contributed by atoms with E-state index in [2.05, 4.69) is 129 Å². The van der Waals surface area contributed by atoms with Gasteiger partial charge < -0.3 is 48.5 Å². The second-order valence-corrected chi connectivity index (χ2v) is 31.6. The Labute approximate surface area is 867 Å². The Bertz CT molecular complexity index is 6940. The number of hydrogen-bond acceptors (Lipinski definition) is 35. The van der Waals surface area contributed by atoms with Crippen molar-refractivity contribution in [3.8, 4) is 51.3 Å². The molecule has 3 aliphatic carbocycles. The molecule has 12 N–H and O–H groups in total. The normalized spacial score (nSPS) is 11.7. The molecule has 3 aliphatic rings. The van der Waals surface area contributed by atoms with Crippen LogP contribution in [0.2, 0.25) is 25.5 Å². The Kier molecular flexibility index (Phi) is 45.4. The number of nitrogens with zero attached hydrogens (tertiary/aromatic N) is 23. The molecule has 10 heterocycles. The summed E-state index contributed by atoms with van der Waals surface area (Å²) in [6.07, 6.45) is 14.7. The van der Waals surface area contributed by atoms with E-state index < -0.39 is 24.2 Å². The number of aryl methyl sites for hydroxylation is 4. The molecule has 0 atom stereocenters. The largest absolute Gasteiger partial charge is 1.00 e. The van der Waals surface area contributed by atoms with Gasteiger partial charge in [0.1, 0.15) is 31.0 Å². The van der Waals surface area contributed by atoms with E-state index in [0.29, 0.717) is 45.4 Å². The number of ketones is 4. The van der Waals surface area contributed by atoms with Crippen molar-refractivity contribution in [3.05, 3.63) is 227 Å². The number of rotatable bonds is 20. The number of amides is 4. The maximum Gasteiger partial charge on any atom is 1.00 e. The number of anilines is 9. The first-order valence-electron chi connectivity index (χ1n) is 41.9. The van der Waals surface area contributed by atoms with Gasteiger partial charge in [-0.3, -0.25) is 67.0 Å². The molecule has 0 saturated heterocycles. The maximum atomic E-state index is 12.6. The minimum absolute atomic E-state index is 0. The summed E-state index contributed by atoms with van der Waals surface area (Å²) in [5.41, 5.74) is 21.8. The number of nitrogens with one attached hydrogen (secondary N) is 7. The third kappa shape index (κ3) is 35.7. The molecule has 3 saturated carbocycles. The van der Waals surface area contributed by atoms with E-state index in [1.54, 1.807) is 75.3 Å². The summed E-state index contributed by atoms with van der Waals surface area (Å²) in [4.78, 5) is 136. The molecule has 736 valence electrons. The molecular formula is C90H101Cl5ILiN32O12. The van der Waals surface area contributed by atoms with Gasteiger partial charge in [0.05, 0.1) is 27.2 Å². The Balaban J connectivity index is 0.000000358. The van der Waals surface area contributed by atoms with E-state index in [4.69, 9.17) is 88.3 Å². The summed E-state index contributed by atoms with van der Waals surface area (Å²) in [6, 6.07) is 31.1. The second kappa shape index (κ2) is 56.5. The number of primary amides is 1. The average Bonchev–Trinajstić information content (AvgIpc) is 1.75. The predicted molar refractivity (Wildman–Crippen MR) is 538 cm³/mol. The number of aromatic hydroxyl groups is 1. The monoisotopic (exact) mass is 2130 g/mol. The van der Waals surface area contributed by atoms with E-state index in [0.717, 1.165) is 112 Å². The Hall–Kier alpha value is -14.6. The van der Waals surface area contributed by atoms with Crippen LogP contribution in [-0.4, -0.2) is 185 Å². The predicted octanol–water partition coefficient (Wildman–Crippen LogP) is 11.5. The van der Waals surface area contributed by atoms with E-state index in [-0.39, 0.29) is 190 Å². The number of Topliss-reactive ketones (excluding diaryl/α,β-unsaturated/α-hetero) is 4. The molecule has 44 nitrogen and oxygen atoms in total. The van der Waals surface area contributed by atoms with Gasteiger partial charge in [0.2, 0.25) is 17.7 Å². The first kappa shape index (κ1) is 113. The van der Waals surface area contributed by atoms with Crippen molar-refractivity contribution in [1.29, 1.82) is 0 Å². The van der Waals surface area contributed by atoms with Crippen LogP contribution in [-0.2, 0) is 52.2 Å². The van der Waals surface area contributed by atoms with Gasteiger partial charge in [-0.25, -0.2) is 25.0 Å². The number of carbonyl (C=O) groups is 8. The smallest absolute Gasteiger partial charge is 0.505 e. The van der Waals surface area contributed by atoms with Crippen LogP contribution in [0.15, 0.2) is 139 Å². The van der Waals surface area contributed by atoms with Crippen molar-refractivity contribution in [2.75, 3.05) is 39.3 Å². The molecule has 4 amide bonds. The zero-order valence-corrected chi connectivity index (χ0v) is 82.0. The number of nitrogen functional groups attached to an aromatic ring is 1. The number of H-pyrrole nitrogens is 1. The summed E-state index contributed by atoms with van der Waals surface area (Å²) < 4.78 is 28.5. The van der Waals surface area contributed by atoms with Crippen molar-refractivity contribution in [1.82, 2.24) is 126 Å². The second-order valence-electron chi connectivity index (χ2n) is 29.6. The standard InChI is InChI=1S/C20H22N8O2.C20H21N7O2.C16H15ClN6O.C10H12N4.C6H4Cl2N2O.C6H6N2O3.C4HCl2N2.C4H7NO.CO2.3CH4.HI.Li/c1-11-13(18-22-10-28(3)27-18)5-4-6-14(11)23-15-9-16(24-19(29)12-7-8-12)25-26-17(15)20(30)21-2;1-11-14(19-21-10-27(3)26-19)5-4-6-15(11)22-16-9-17(23-20(29)13-7-8-13)24-25-18(16)12(2)28;1-9-11(16-18-8-23(3)22-16)5-4-6-12(9)19-13-7-14(17)20-21-15(13)10(2)24;1-7-8(4-3-5-9(7)11)10-12-6-14(2)13-10;1-3(11)6-4(7)2-5(8)9-10-6;1-3(9)6-4(10)2-5(11)7-8-6;5-3-1-4(6)8-7-2-3;5-4(6)3-1-2-3;2-1-3;;;;;/h4-6,9-10,12H,7-8H2,1-3H3,(H,21,30)(H2,23,24,25,29);4-6,9-10,13H,7-8H2,1-3H3,(H2,22,23,24,29);4-8H,1-3H3,(H,19,20);3-6H,11H2,1-2H3;2H,1H3;2H,1H3,(H2,7,10,11);1H;3H,1-2H2,(H2,5,6);;3*1H4;1H;/q;;;;;;-1;;;;;;;+1/i2D3;;;;;;;;;;;;;. The van der Waals surface area contributed by atoms with Crippen molar-refractivity contribution in [3.63, 3.8) is 0 Å². The SMILES string of the molecule is C.C.C.CC(=O)c1n[nH]c(=O)cc1O.CC(=O)c1nnc(Cl)cc1Cl.CC(=O)c1nnc(Cl)cc1Nc1cccc(-c2ncn(C)n2)c1C.CC(=O)c1nnc(NC(=O)C2CC2)cc1Nc1cccc(-c2ncn(C)n2)c1C.Cc1c(N)cccc1-c1ncn(C)n1.Clc1[c-]nnc(Cl)c1.I.NC(=O)C1CC1.O=C=O.[2H]C([2H])([2H])NC(=O)c1nnc(NC(=O)C2CC2)cc1Nc1cccc(-c2ncn(C)n2)c1C.[Li+]. The number of benzene rings is 4. The molecule has 17 rings (SSSR count). The Morgan fingerprint density at radius 1 is 0.468 bits per heavy atom. The molecule has 0 unspecified atom stereocenters. The average molecular weight is 2140 g/mol. The number of carbonyl (C=O) groups excluding carboxylic acids is 10. The summed E-state index contributed by atoms with van der Waals surface area (Å²) in [7, 11) is 7.24. The fourth-order valence-electron chi connectivity index (χ4n) is 11.6. The molecule has 3 fully saturated rings. The molecule has 10 aromatic heterocycles. The number of hydrogen-bond donors (Lipinski definition) is 10. The van der Waals surface area contributed by atoms with E-state index in [1.165, 1.54) is 45.9 Å². The molecule has 51 heteroatoms. The van der Waals surface area contributed by atoms with Gasteiger partial charge >= 0.3 is 25.0 Å². The van der Waals surface area contributed by atoms with Gasteiger partial charge in [-0.15, -0.1) is 87.6 Å². The molecule has 14 aromatic rings. The molecule has 4 aromatic carbocycles. The summed E-state index contributed by atoms with van der Waals surface area (Å²) in [6.45, 7) is 10.5. The van der Waals surface area contributed by atoms with Crippen LogP contribution in [0.5, 0.6) is 5.75 Å². The van der Waals surface area contributed by atoms with E-state index in [1.807, 2.05) is 120 Å². The van der Waals surface area contributed by atoms with Crippen LogP contribution < -0.4 is 67.8 Å². The van der Waals surface area contributed by atoms with E-state index >= 15 is 0 Å². The minimum atomic E-state index is -2.70. The topological polar surface area (TPSA) is 613 Å². The van der Waals surface area contributed by atoms with Gasteiger partial charge in [-0.05, 0) is 119 Å². The van der Waals surface area contributed by atoms with Gasteiger partial charge in [0.25, 0.3) is 11.5 Å². The number of aromatic nitrogens is 24. The van der Waals surface area contributed by atoms with Crippen molar-refractivity contribution in [2.45, 2.75) is 116 Å². The van der Waals surface area contributed by atoms with Gasteiger partial charge in [0, 0.05) is 154 Å². The molecule has 0 bridgehead atoms. The summed E-state index contributed by atoms with van der Waals surface area (Å²) >= 11 is 27.7. The fraction of sp³-hybridized carbons (Fsp3) is 0.278. The quantitative estimate of drug-likeness (QED) is 0.0111. The first-order valence-corrected chi connectivity index (χ1v) is 42.3. The van der Waals surface area contributed by atoms with Crippen molar-refractivity contribution >= 4 is 186 Å². The number of halogens is 6. The van der Waals surface area contributed by atoms with E-state index in [9.17, 15) is 43.2 Å². The molecule has 141 heavy (non-hydrogen) atoms. The molecule has 0 spiro atoms. The number of nitrogens with two attached hydrogens (primary N) is 2. The van der Waals surface area contributed by atoms with Crippen LogP contribution in [0.1, 0.15) is 167 Å². The summed E-state index contributed by atoms with van der Waals surface area (Å²) in [5.74, 6) is 0.497. The molecular weight excluding hydrogens is 2030 g/mol. The van der Waals surface area contributed by atoms with Crippen molar-refractivity contribution < 1.29 is 76.0 Å². The molecule has 0 radical (unpaired) electrons. The van der Waals surface area contributed by atoms with Gasteiger partial charge in [0.15, 0.2) is 96.9 Å². The van der Waals surface area contributed by atoms with Crippen molar-refractivity contribution in [2.24, 2.45) is 51.7 Å². The minimum Gasteiger partial charge on any atom is -0.505 e. The first-order chi connectivity index (χ1) is 65.9. The van der Waals surface area contributed by atoms with Crippen LogP contribution in [0.4, 0.5) is 51.4 Å². The van der Waals surface area contributed by atoms with Crippen LogP contribution in [0.25, 0.3) is 45.6 Å². The zero-order valence-electron chi connectivity index (χ0n) is 78.9. The maximum absolute atomic E-state index is 12.6. The molecule has 0 aliphatic heterocycles. The van der Waals surface area contributed by atoms with Gasteiger partial charge in [-0.1, -0.05) is 117 Å². The van der Waals surface area contributed by atoms with Crippen LogP contribution >= 0.6 is 82.0 Å². The summed E-state index contributed by atoms with van der Waals surface area (Å²) in [5, 5.41) is 86.9.